The monoisotopic (exact) mass is 436 g/mol. The van der Waals surface area contributed by atoms with Crippen LogP contribution in [0, 0.1) is 23.7 Å². The Labute approximate surface area is 192 Å². The molecule has 3 aliphatic rings. The van der Waals surface area contributed by atoms with Crippen molar-refractivity contribution in [1.29, 1.82) is 0 Å². The van der Waals surface area contributed by atoms with Gasteiger partial charge >= 0.3 is 0 Å². The van der Waals surface area contributed by atoms with E-state index in [0.29, 0.717) is 30.1 Å². The standard InChI is InChI=1S/C27H36N2O3/c1-31-26-8-5-20(16-27(26)32-2)18-29-14-11-22(4-3-15-30)25(19-29)24-7-6-21-9-12-28-13-10-23(21)17-24/h5-8,10,13,15-17,21-23,25,28H,3-4,9,11-12,14,18-19H2,1-2H3. The predicted octanol–water partition coefficient (Wildman–Crippen LogP) is 4.36. The third-order valence-electron chi connectivity index (χ3n) is 7.25. The van der Waals surface area contributed by atoms with Crippen LogP contribution >= 0.6 is 0 Å². The minimum atomic E-state index is 0.464. The number of aldehydes is 1. The van der Waals surface area contributed by atoms with Crippen molar-refractivity contribution in [2.45, 2.75) is 32.2 Å². The maximum absolute atomic E-state index is 11.1. The Hall–Kier alpha value is -2.53. The highest BCUT2D eigenvalue weighted by molar-refractivity contribution is 5.49. The number of fused-ring (bicyclic) bond motifs is 1. The third kappa shape index (κ3) is 5.26. The van der Waals surface area contributed by atoms with E-state index in [9.17, 15) is 4.79 Å². The molecule has 4 rings (SSSR count). The Balaban J connectivity index is 1.51. The van der Waals surface area contributed by atoms with Crippen molar-refractivity contribution in [3.05, 3.63) is 59.8 Å². The molecule has 0 saturated carbocycles. The lowest BCUT2D eigenvalue weighted by atomic mass is 9.73. The van der Waals surface area contributed by atoms with Gasteiger partial charge in [0.15, 0.2) is 11.5 Å². The molecule has 0 spiro atoms. The zero-order valence-corrected chi connectivity index (χ0v) is 19.3. The number of hydrogen-bond donors (Lipinski definition) is 1. The van der Waals surface area contributed by atoms with Crippen LogP contribution in [-0.4, -0.2) is 45.0 Å². The zero-order chi connectivity index (χ0) is 22.3. The number of allylic oxidation sites excluding steroid dienone is 4. The average molecular weight is 437 g/mol. The second-order valence-electron chi connectivity index (χ2n) is 9.19. The fraction of sp³-hybridized carbons (Fsp3) is 0.519. The molecule has 1 N–H and O–H groups in total. The van der Waals surface area contributed by atoms with E-state index in [0.717, 1.165) is 56.8 Å². The Morgan fingerprint density at radius 3 is 2.84 bits per heavy atom. The first-order chi connectivity index (χ1) is 15.7. The van der Waals surface area contributed by atoms with Crippen LogP contribution in [-0.2, 0) is 11.3 Å². The molecule has 1 aromatic carbocycles. The van der Waals surface area contributed by atoms with Gasteiger partial charge in [0.1, 0.15) is 6.29 Å². The van der Waals surface area contributed by atoms with Crippen molar-refractivity contribution in [2.24, 2.45) is 23.7 Å². The summed E-state index contributed by atoms with van der Waals surface area (Å²) in [6, 6.07) is 6.20. The second-order valence-corrected chi connectivity index (χ2v) is 9.19. The third-order valence-corrected chi connectivity index (χ3v) is 7.25. The predicted molar refractivity (Wildman–Crippen MR) is 128 cm³/mol. The lowest BCUT2D eigenvalue weighted by Crippen LogP contribution is -2.41. The molecule has 172 valence electrons. The molecule has 5 heteroatoms. The van der Waals surface area contributed by atoms with Gasteiger partial charge in [-0.25, -0.2) is 0 Å². The van der Waals surface area contributed by atoms with Gasteiger partial charge in [-0.1, -0.05) is 30.4 Å². The highest BCUT2D eigenvalue weighted by Crippen LogP contribution is 2.38. The second kappa shape index (κ2) is 10.9. The van der Waals surface area contributed by atoms with Crippen LogP contribution in [0.4, 0.5) is 0 Å². The number of likely N-dealkylation sites (tertiary alicyclic amines) is 1. The summed E-state index contributed by atoms with van der Waals surface area (Å²) in [6.45, 7) is 4.01. The highest BCUT2D eigenvalue weighted by Gasteiger charge is 2.33. The molecule has 2 heterocycles. The summed E-state index contributed by atoms with van der Waals surface area (Å²) >= 11 is 0. The van der Waals surface area contributed by atoms with Crippen molar-refractivity contribution >= 4 is 6.29 Å². The zero-order valence-electron chi connectivity index (χ0n) is 19.3. The summed E-state index contributed by atoms with van der Waals surface area (Å²) < 4.78 is 10.9. The van der Waals surface area contributed by atoms with E-state index in [1.807, 2.05) is 6.07 Å². The summed E-state index contributed by atoms with van der Waals surface area (Å²) in [5.74, 6) is 3.62. The fourth-order valence-electron chi connectivity index (χ4n) is 5.47. The van der Waals surface area contributed by atoms with Crippen molar-refractivity contribution in [3.8, 4) is 11.5 Å². The highest BCUT2D eigenvalue weighted by atomic mass is 16.5. The first kappa shape index (κ1) is 22.7. The smallest absolute Gasteiger partial charge is 0.161 e. The van der Waals surface area contributed by atoms with Gasteiger partial charge in [-0.15, -0.1) is 0 Å². The minimum Gasteiger partial charge on any atom is -0.493 e. The quantitative estimate of drug-likeness (QED) is 0.614. The van der Waals surface area contributed by atoms with Gasteiger partial charge in [0.2, 0.25) is 0 Å². The summed E-state index contributed by atoms with van der Waals surface area (Å²) in [5.41, 5.74) is 2.68. The molecule has 2 aliphatic heterocycles. The Morgan fingerprint density at radius 1 is 1.16 bits per heavy atom. The SMILES string of the molecule is COc1ccc(CN2CCC(CCC=O)C(C3=CC4C=CNCCC4C=C3)C2)cc1OC. The summed E-state index contributed by atoms with van der Waals surface area (Å²) in [4.78, 5) is 13.6. The molecule has 32 heavy (non-hydrogen) atoms. The van der Waals surface area contributed by atoms with Crippen LogP contribution in [0.2, 0.25) is 0 Å². The number of carbonyl (C=O) groups excluding carboxylic acids is 1. The first-order valence-corrected chi connectivity index (χ1v) is 11.9. The number of carbonyl (C=O) groups is 1. The number of nitrogens with zero attached hydrogens (tertiary/aromatic N) is 1. The molecule has 0 amide bonds. The topological polar surface area (TPSA) is 50.8 Å². The summed E-state index contributed by atoms with van der Waals surface area (Å²) in [7, 11) is 3.35. The molecule has 4 atom stereocenters. The molecular formula is C27H36N2O3. The molecule has 0 radical (unpaired) electrons. The van der Waals surface area contributed by atoms with Gasteiger partial charge in [0.25, 0.3) is 0 Å². The maximum Gasteiger partial charge on any atom is 0.161 e. The van der Waals surface area contributed by atoms with Crippen LogP contribution in [0.3, 0.4) is 0 Å². The van der Waals surface area contributed by atoms with E-state index >= 15 is 0 Å². The van der Waals surface area contributed by atoms with Crippen molar-refractivity contribution in [2.75, 3.05) is 33.9 Å². The number of hydrogen-bond acceptors (Lipinski definition) is 5. The van der Waals surface area contributed by atoms with Crippen molar-refractivity contribution < 1.29 is 14.3 Å². The van der Waals surface area contributed by atoms with Crippen LogP contribution in [0.1, 0.15) is 31.2 Å². The van der Waals surface area contributed by atoms with E-state index in [4.69, 9.17) is 9.47 Å². The average Bonchev–Trinajstić information content (AvgIpc) is 3.08. The van der Waals surface area contributed by atoms with Gasteiger partial charge in [0, 0.05) is 32.0 Å². The molecule has 0 bridgehead atoms. The first-order valence-electron chi connectivity index (χ1n) is 11.9. The van der Waals surface area contributed by atoms with Crippen LogP contribution in [0.5, 0.6) is 11.5 Å². The summed E-state index contributed by atoms with van der Waals surface area (Å²) in [5, 5.41) is 3.38. The molecule has 1 saturated heterocycles. The van der Waals surface area contributed by atoms with Crippen LogP contribution < -0.4 is 14.8 Å². The maximum atomic E-state index is 11.1. The van der Waals surface area contributed by atoms with E-state index in [1.165, 1.54) is 17.6 Å². The molecule has 1 aromatic rings. The molecule has 1 fully saturated rings. The van der Waals surface area contributed by atoms with Gasteiger partial charge in [-0.05, 0) is 73.0 Å². The largest absolute Gasteiger partial charge is 0.493 e. The van der Waals surface area contributed by atoms with E-state index < -0.39 is 0 Å². The fourth-order valence-corrected chi connectivity index (χ4v) is 5.47. The van der Waals surface area contributed by atoms with Gasteiger partial charge in [-0.2, -0.15) is 0 Å². The Morgan fingerprint density at radius 2 is 2.03 bits per heavy atom. The van der Waals surface area contributed by atoms with Crippen LogP contribution in [0.25, 0.3) is 0 Å². The molecule has 4 unspecified atom stereocenters. The van der Waals surface area contributed by atoms with Gasteiger partial charge in [-0.3, -0.25) is 4.90 Å². The molecule has 5 nitrogen and oxygen atoms in total. The molecule has 0 aromatic heterocycles. The number of ether oxygens (including phenoxy) is 2. The van der Waals surface area contributed by atoms with Crippen molar-refractivity contribution in [3.63, 3.8) is 0 Å². The number of nitrogens with one attached hydrogen (secondary N) is 1. The summed E-state index contributed by atoms with van der Waals surface area (Å²) in [6.07, 6.45) is 16.7. The van der Waals surface area contributed by atoms with Gasteiger partial charge < -0.3 is 19.6 Å². The lowest BCUT2D eigenvalue weighted by molar-refractivity contribution is -0.108. The van der Waals surface area contributed by atoms with Gasteiger partial charge in [0.05, 0.1) is 14.2 Å². The minimum absolute atomic E-state index is 0.464. The number of piperidine rings is 1. The van der Waals surface area contributed by atoms with E-state index in [2.05, 4.69) is 52.9 Å². The van der Waals surface area contributed by atoms with E-state index in [-0.39, 0.29) is 0 Å². The van der Waals surface area contributed by atoms with Crippen molar-refractivity contribution in [1.82, 2.24) is 10.2 Å². The normalized spacial score (nSPS) is 27.6. The van der Waals surface area contributed by atoms with E-state index in [1.54, 1.807) is 14.2 Å². The number of rotatable bonds is 8. The molecule has 1 aliphatic carbocycles. The number of benzene rings is 1. The Bertz CT molecular complexity index is 876. The number of methoxy groups -OCH3 is 2. The Kier molecular flexibility index (Phi) is 7.69. The lowest BCUT2D eigenvalue weighted by Gasteiger charge is -2.40. The van der Waals surface area contributed by atoms with Crippen LogP contribution in [0.15, 0.2) is 54.3 Å². The molecular weight excluding hydrogens is 400 g/mol.